The van der Waals surface area contributed by atoms with E-state index >= 15 is 0 Å². The summed E-state index contributed by atoms with van der Waals surface area (Å²) in [4.78, 5) is 60.0. The minimum Gasteiger partial charge on any atom is -0.444 e. The number of para-hydroxylation sites is 1. The number of carbonyl (C=O) groups is 4. The van der Waals surface area contributed by atoms with E-state index in [2.05, 4.69) is 5.32 Å². The van der Waals surface area contributed by atoms with Crippen LogP contribution in [0.4, 0.5) is 16.2 Å². The molecular weight excluding hydrogens is 508 g/mol. The van der Waals surface area contributed by atoms with Crippen LogP contribution in [0.15, 0.2) is 42.5 Å². The Bertz CT molecular complexity index is 1390. The number of anilines is 2. The summed E-state index contributed by atoms with van der Waals surface area (Å²) in [5.41, 5.74) is 0.315. The Morgan fingerprint density at radius 2 is 1.76 bits per heavy atom. The molecule has 4 aliphatic rings. The zero-order valence-electron chi connectivity index (χ0n) is 21.7. The Kier molecular flexibility index (Phi) is 5.42. The highest BCUT2D eigenvalue weighted by Crippen LogP contribution is 2.59. The smallest absolute Gasteiger partial charge is 0.410 e. The molecular formula is C28H29ClN4O5. The minimum atomic E-state index is -1.39. The number of nitrogens with zero attached hydrogens (tertiary/aromatic N) is 3. The van der Waals surface area contributed by atoms with E-state index in [0.717, 1.165) is 0 Å². The average Bonchev–Trinajstić information content (AvgIpc) is 3.43. The topological polar surface area (TPSA) is 99.3 Å². The molecule has 4 heterocycles. The molecule has 38 heavy (non-hydrogen) atoms. The average molecular weight is 537 g/mol. The molecule has 3 fully saturated rings. The Hall–Kier alpha value is -3.43. The number of hydrogen-bond acceptors (Lipinski definition) is 6. The summed E-state index contributed by atoms with van der Waals surface area (Å²) in [6.07, 6.45) is -0.481. The molecule has 2 aromatic rings. The van der Waals surface area contributed by atoms with Gasteiger partial charge in [0.1, 0.15) is 11.1 Å². The summed E-state index contributed by atoms with van der Waals surface area (Å²) in [5, 5.41) is 3.49. The van der Waals surface area contributed by atoms with Crippen LogP contribution in [0.3, 0.4) is 0 Å². The van der Waals surface area contributed by atoms with Gasteiger partial charge in [-0.2, -0.15) is 0 Å². The molecule has 0 bridgehead atoms. The lowest BCUT2D eigenvalue weighted by Gasteiger charge is -2.45. The lowest BCUT2D eigenvalue weighted by atomic mass is 9.76. The standard InChI is InChI=1S/C28H29ClN4O5/c1-15-18(29)11-10-17-22(15)30-25(36)28(17)21-20(23(34)33(24(21)35)16-8-6-5-7-9-16)19-14-31(12-13-32(19)28)26(37)38-27(2,3)4/h5-11,19-21H,12-14H2,1-4H3,(H,30,36)/t19-,20+,21-,28+/m1/s1. The van der Waals surface area contributed by atoms with Crippen LogP contribution in [0, 0.1) is 18.8 Å². The number of amides is 4. The molecule has 0 saturated carbocycles. The third-order valence-corrected chi connectivity index (χ3v) is 8.56. The predicted molar refractivity (Wildman–Crippen MR) is 141 cm³/mol. The molecule has 0 unspecified atom stereocenters. The van der Waals surface area contributed by atoms with Gasteiger partial charge < -0.3 is 15.0 Å². The van der Waals surface area contributed by atoms with Gasteiger partial charge in [0.05, 0.1) is 23.2 Å². The van der Waals surface area contributed by atoms with Crippen molar-refractivity contribution in [3.63, 3.8) is 0 Å². The molecule has 4 atom stereocenters. The van der Waals surface area contributed by atoms with Crippen LogP contribution in [-0.2, 0) is 24.7 Å². The molecule has 1 spiro atoms. The summed E-state index contributed by atoms with van der Waals surface area (Å²) in [6, 6.07) is 11.7. The highest BCUT2D eigenvalue weighted by molar-refractivity contribution is 6.32. The first kappa shape index (κ1) is 24.9. The molecule has 0 aliphatic carbocycles. The van der Waals surface area contributed by atoms with E-state index in [1.807, 2.05) is 17.9 Å². The second kappa shape index (κ2) is 8.28. The van der Waals surface area contributed by atoms with Crippen LogP contribution >= 0.6 is 11.6 Å². The van der Waals surface area contributed by atoms with Gasteiger partial charge in [-0.15, -0.1) is 0 Å². The second-order valence-corrected chi connectivity index (χ2v) is 11.8. The SMILES string of the molecule is Cc1c(Cl)ccc2c1NC(=O)[C@@]21[C@H]2C(=O)N(c3ccccc3)C(=O)[C@H]2[C@H]2CN(C(=O)OC(C)(C)C)CCN21. The van der Waals surface area contributed by atoms with Crippen LogP contribution in [0.5, 0.6) is 0 Å². The van der Waals surface area contributed by atoms with Crippen LogP contribution < -0.4 is 10.2 Å². The van der Waals surface area contributed by atoms with Crippen molar-refractivity contribution < 1.29 is 23.9 Å². The number of nitrogens with one attached hydrogen (secondary N) is 1. The van der Waals surface area contributed by atoms with Gasteiger partial charge in [0.15, 0.2) is 0 Å². The van der Waals surface area contributed by atoms with E-state index in [1.54, 1.807) is 62.1 Å². The molecule has 9 nitrogen and oxygen atoms in total. The highest BCUT2D eigenvalue weighted by Gasteiger charge is 2.75. The fourth-order valence-corrected chi connectivity index (χ4v) is 6.82. The molecule has 4 amide bonds. The molecule has 3 saturated heterocycles. The maximum Gasteiger partial charge on any atom is 0.410 e. The number of carbonyl (C=O) groups excluding carboxylic acids is 4. The van der Waals surface area contributed by atoms with Gasteiger partial charge in [0.25, 0.3) is 0 Å². The number of imide groups is 1. The molecule has 10 heteroatoms. The van der Waals surface area contributed by atoms with Gasteiger partial charge >= 0.3 is 6.09 Å². The normalized spacial score (nSPS) is 28.4. The molecule has 198 valence electrons. The fourth-order valence-electron chi connectivity index (χ4n) is 6.67. The maximum absolute atomic E-state index is 14.2. The summed E-state index contributed by atoms with van der Waals surface area (Å²) in [5.74, 6) is -2.91. The van der Waals surface area contributed by atoms with Crippen molar-refractivity contribution in [3.8, 4) is 0 Å². The van der Waals surface area contributed by atoms with Crippen molar-refractivity contribution in [1.29, 1.82) is 0 Å². The zero-order valence-corrected chi connectivity index (χ0v) is 22.4. The lowest BCUT2D eigenvalue weighted by Crippen LogP contribution is -2.62. The van der Waals surface area contributed by atoms with Crippen LogP contribution in [0.1, 0.15) is 31.9 Å². The number of hydrogen-bond donors (Lipinski definition) is 1. The first-order valence-electron chi connectivity index (χ1n) is 12.8. The quantitative estimate of drug-likeness (QED) is 0.560. The van der Waals surface area contributed by atoms with Crippen molar-refractivity contribution >= 4 is 46.8 Å². The number of ether oxygens (including phenoxy) is 1. The fraction of sp³-hybridized carbons (Fsp3) is 0.429. The highest BCUT2D eigenvalue weighted by atomic mass is 35.5. The van der Waals surface area contributed by atoms with Crippen molar-refractivity contribution in [2.24, 2.45) is 11.8 Å². The monoisotopic (exact) mass is 536 g/mol. The van der Waals surface area contributed by atoms with E-state index in [-0.39, 0.29) is 18.4 Å². The van der Waals surface area contributed by atoms with Gasteiger partial charge in [-0.25, -0.2) is 9.69 Å². The lowest BCUT2D eigenvalue weighted by molar-refractivity contribution is -0.137. The second-order valence-electron chi connectivity index (χ2n) is 11.4. The first-order valence-corrected chi connectivity index (χ1v) is 13.1. The van der Waals surface area contributed by atoms with Crippen LogP contribution in [0.25, 0.3) is 0 Å². The van der Waals surface area contributed by atoms with E-state index < -0.39 is 41.0 Å². The number of fused-ring (bicyclic) bond motifs is 7. The van der Waals surface area contributed by atoms with Gasteiger partial charge in [0, 0.05) is 36.3 Å². The number of benzene rings is 2. The maximum atomic E-state index is 14.2. The Labute approximate surface area is 225 Å². The van der Waals surface area contributed by atoms with Crippen molar-refractivity contribution in [2.45, 2.75) is 44.9 Å². The molecule has 0 aromatic heterocycles. The summed E-state index contributed by atoms with van der Waals surface area (Å²) < 4.78 is 5.61. The van der Waals surface area contributed by atoms with Gasteiger partial charge in [-0.3, -0.25) is 19.3 Å². The van der Waals surface area contributed by atoms with Crippen LogP contribution in [-0.4, -0.2) is 64.9 Å². The molecule has 2 aromatic carbocycles. The van der Waals surface area contributed by atoms with Crippen LogP contribution in [0.2, 0.25) is 5.02 Å². The van der Waals surface area contributed by atoms with Crippen molar-refractivity contribution in [3.05, 3.63) is 58.6 Å². The Balaban J connectivity index is 1.50. The molecule has 4 aliphatic heterocycles. The van der Waals surface area contributed by atoms with Gasteiger partial charge in [-0.1, -0.05) is 35.9 Å². The van der Waals surface area contributed by atoms with Gasteiger partial charge in [0.2, 0.25) is 17.7 Å². The number of piperazine rings is 1. The third kappa shape index (κ3) is 3.27. The summed E-state index contributed by atoms with van der Waals surface area (Å²) in [7, 11) is 0. The first-order chi connectivity index (χ1) is 18.0. The number of halogens is 1. The Morgan fingerprint density at radius 1 is 1.05 bits per heavy atom. The molecule has 1 N–H and O–H groups in total. The largest absolute Gasteiger partial charge is 0.444 e. The van der Waals surface area contributed by atoms with Gasteiger partial charge in [-0.05, 0) is 51.5 Å². The van der Waals surface area contributed by atoms with E-state index in [4.69, 9.17) is 16.3 Å². The summed E-state index contributed by atoms with van der Waals surface area (Å²) in [6.45, 7) is 7.98. The number of rotatable bonds is 1. The van der Waals surface area contributed by atoms with E-state index in [1.165, 1.54) is 4.90 Å². The third-order valence-electron chi connectivity index (χ3n) is 8.15. The predicted octanol–water partition coefficient (Wildman–Crippen LogP) is 3.54. The van der Waals surface area contributed by atoms with E-state index in [9.17, 15) is 19.2 Å². The van der Waals surface area contributed by atoms with Crippen molar-refractivity contribution in [1.82, 2.24) is 9.80 Å². The molecule has 6 rings (SSSR count). The van der Waals surface area contributed by atoms with Crippen molar-refractivity contribution in [2.75, 3.05) is 29.9 Å². The molecule has 0 radical (unpaired) electrons. The van der Waals surface area contributed by atoms with E-state index in [0.29, 0.717) is 40.6 Å². The summed E-state index contributed by atoms with van der Waals surface area (Å²) >= 11 is 6.39. The zero-order chi connectivity index (χ0) is 27.1. The minimum absolute atomic E-state index is 0.161. The Morgan fingerprint density at radius 3 is 2.45 bits per heavy atom.